The zero-order valence-electron chi connectivity index (χ0n) is 27.0. The van der Waals surface area contributed by atoms with Gasteiger partial charge in [-0.3, -0.25) is 0 Å². The standard InChI is InChI=1S/C43H42N2/c1-32(2)29-42(43(3,4)5)34-24-26-38(27-25-34)45(41-28-23-33-15-12-13-16-35(33)30-41)40-22-14-21-39(31-40)44(36-17-8-6-9-18-36)37-19-10-7-11-20-37/h6-31,42H,1-5H3. The summed E-state index contributed by atoms with van der Waals surface area (Å²) >= 11 is 0. The van der Waals surface area contributed by atoms with E-state index in [1.54, 1.807) is 0 Å². The van der Waals surface area contributed by atoms with Gasteiger partial charge >= 0.3 is 0 Å². The Labute approximate surface area is 268 Å². The molecule has 0 spiro atoms. The van der Waals surface area contributed by atoms with Crippen LogP contribution in [0.2, 0.25) is 0 Å². The van der Waals surface area contributed by atoms with Crippen LogP contribution < -0.4 is 9.80 Å². The van der Waals surface area contributed by atoms with Crippen LogP contribution >= 0.6 is 0 Å². The lowest BCUT2D eigenvalue weighted by Gasteiger charge is -2.31. The van der Waals surface area contributed by atoms with Gasteiger partial charge < -0.3 is 9.80 Å². The zero-order valence-corrected chi connectivity index (χ0v) is 27.0. The quantitative estimate of drug-likeness (QED) is 0.164. The first kappa shape index (κ1) is 30.0. The maximum atomic E-state index is 2.40. The molecule has 2 nitrogen and oxygen atoms in total. The largest absolute Gasteiger partial charge is 0.310 e. The van der Waals surface area contributed by atoms with Crippen LogP contribution in [0.3, 0.4) is 0 Å². The lowest BCUT2D eigenvalue weighted by molar-refractivity contribution is 0.365. The van der Waals surface area contributed by atoms with Gasteiger partial charge in [0.05, 0.1) is 0 Å². The Kier molecular flexibility index (Phi) is 8.58. The number of rotatable bonds is 8. The van der Waals surface area contributed by atoms with Crippen molar-refractivity contribution in [3.63, 3.8) is 0 Å². The summed E-state index contributed by atoms with van der Waals surface area (Å²) in [5.41, 5.74) is 9.48. The summed E-state index contributed by atoms with van der Waals surface area (Å²) in [7, 11) is 0. The fourth-order valence-electron chi connectivity index (χ4n) is 6.15. The minimum absolute atomic E-state index is 0.115. The molecule has 224 valence electrons. The molecule has 0 aliphatic rings. The van der Waals surface area contributed by atoms with Crippen molar-refractivity contribution in [2.75, 3.05) is 9.80 Å². The summed E-state index contributed by atoms with van der Waals surface area (Å²) in [6.45, 7) is 11.3. The molecule has 0 heterocycles. The molecule has 0 aliphatic heterocycles. The van der Waals surface area contributed by atoms with Crippen LogP contribution in [0.4, 0.5) is 34.1 Å². The molecule has 0 saturated heterocycles. The van der Waals surface area contributed by atoms with Crippen molar-refractivity contribution in [1.82, 2.24) is 0 Å². The molecule has 2 heteroatoms. The van der Waals surface area contributed by atoms with Crippen molar-refractivity contribution >= 4 is 44.9 Å². The lowest BCUT2D eigenvalue weighted by Crippen LogP contribution is -2.17. The molecule has 45 heavy (non-hydrogen) atoms. The van der Waals surface area contributed by atoms with Gasteiger partial charge in [-0.05, 0) is 102 Å². The second-order valence-corrected chi connectivity index (χ2v) is 13.1. The van der Waals surface area contributed by atoms with Crippen molar-refractivity contribution in [3.8, 4) is 0 Å². The number of benzene rings is 6. The molecule has 0 aromatic heterocycles. The summed E-state index contributed by atoms with van der Waals surface area (Å²) in [4.78, 5) is 4.69. The van der Waals surface area contributed by atoms with Crippen LogP contribution in [-0.4, -0.2) is 0 Å². The SMILES string of the molecule is CC(C)=CC(c1ccc(N(c2cccc(N(c3ccccc3)c3ccccc3)c2)c2ccc3ccccc3c2)cc1)C(C)(C)C. The van der Waals surface area contributed by atoms with Gasteiger partial charge in [0.2, 0.25) is 0 Å². The van der Waals surface area contributed by atoms with Crippen LogP contribution in [0, 0.1) is 5.41 Å². The highest BCUT2D eigenvalue weighted by atomic mass is 15.2. The summed E-state index contributed by atoms with van der Waals surface area (Å²) in [6, 6.07) is 54.5. The van der Waals surface area contributed by atoms with E-state index in [1.165, 1.54) is 21.9 Å². The number of fused-ring (bicyclic) bond motifs is 1. The van der Waals surface area contributed by atoms with Crippen LogP contribution in [0.15, 0.2) is 163 Å². The molecule has 0 bridgehead atoms. The molecule has 0 amide bonds. The van der Waals surface area contributed by atoms with Crippen molar-refractivity contribution in [1.29, 1.82) is 0 Å². The fraction of sp³-hybridized carbons (Fsp3) is 0.163. The van der Waals surface area contributed by atoms with E-state index in [1.807, 2.05) is 0 Å². The van der Waals surface area contributed by atoms with E-state index >= 15 is 0 Å². The van der Waals surface area contributed by atoms with E-state index in [0.29, 0.717) is 5.92 Å². The van der Waals surface area contributed by atoms with Gasteiger partial charge in [0.1, 0.15) is 0 Å². The first-order valence-electron chi connectivity index (χ1n) is 15.8. The number of hydrogen-bond acceptors (Lipinski definition) is 2. The second kappa shape index (κ2) is 12.9. The minimum Gasteiger partial charge on any atom is -0.310 e. The van der Waals surface area contributed by atoms with E-state index < -0.39 is 0 Å². The van der Waals surface area contributed by atoms with Gasteiger partial charge in [-0.15, -0.1) is 0 Å². The molecule has 0 radical (unpaired) electrons. The Balaban J connectivity index is 1.49. The number of allylic oxidation sites excluding steroid dienone is 2. The summed E-state index contributed by atoms with van der Waals surface area (Å²) < 4.78 is 0. The molecule has 0 saturated carbocycles. The molecule has 1 unspecified atom stereocenters. The second-order valence-electron chi connectivity index (χ2n) is 13.1. The monoisotopic (exact) mass is 586 g/mol. The third-order valence-corrected chi connectivity index (χ3v) is 8.31. The van der Waals surface area contributed by atoms with E-state index in [2.05, 4.69) is 202 Å². The summed E-state index contributed by atoms with van der Waals surface area (Å²) in [6.07, 6.45) is 2.40. The van der Waals surface area contributed by atoms with Gasteiger partial charge in [0.25, 0.3) is 0 Å². The highest BCUT2D eigenvalue weighted by Gasteiger charge is 2.25. The maximum absolute atomic E-state index is 2.40. The average molecular weight is 587 g/mol. The van der Waals surface area contributed by atoms with Crippen LogP contribution in [0.25, 0.3) is 10.8 Å². The van der Waals surface area contributed by atoms with Crippen LogP contribution in [0.1, 0.15) is 46.1 Å². The first-order valence-corrected chi connectivity index (χ1v) is 15.8. The van der Waals surface area contributed by atoms with Crippen LogP contribution in [0.5, 0.6) is 0 Å². The third-order valence-electron chi connectivity index (χ3n) is 8.31. The molecule has 1 atom stereocenters. The highest BCUT2D eigenvalue weighted by Crippen LogP contribution is 2.42. The van der Waals surface area contributed by atoms with E-state index in [4.69, 9.17) is 0 Å². The minimum atomic E-state index is 0.115. The Hall–Kier alpha value is -5.08. The molecule has 6 aromatic rings. The number of anilines is 6. The molecule has 6 rings (SSSR count). The highest BCUT2D eigenvalue weighted by molar-refractivity contribution is 5.90. The molecule has 0 aliphatic carbocycles. The topological polar surface area (TPSA) is 6.48 Å². The van der Waals surface area contributed by atoms with Crippen molar-refractivity contribution in [2.45, 2.75) is 40.5 Å². The van der Waals surface area contributed by atoms with Gasteiger partial charge in [-0.1, -0.05) is 117 Å². The maximum Gasteiger partial charge on any atom is 0.0482 e. The number of para-hydroxylation sites is 2. The van der Waals surface area contributed by atoms with Crippen molar-refractivity contribution < 1.29 is 0 Å². The molecular weight excluding hydrogens is 544 g/mol. The van der Waals surface area contributed by atoms with E-state index in [9.17, 15) is 0 Å². The fourth-order valence-corrected chi connectivity index (χ4v) is 6.15. The normalized spacial score (nSPS) is 12.0. The number of nitrogens with zero attached hydrogens (tertiary/aromatic N) is 2. The predicted molar refractivity (Wildman–Crippen MR) is 195 cm³/mol. The predicted octanol–water partition coefficient (Wildman–Crippen LogP) is 12.9. The Morgan fingerprint density at radius 2 is 0.911 bits per heavy atom. The van der Waals surface area contributed by atoms with Gasteiger partial charge in [0.15, 0.2) is 0 Å². The smallest absolute Gasteiger partial charge is 0.0482 e. The van der Waals surface area contributed by atoms with Gasteiger partial charge in [-0.25, -0.2) is 0 Å². The molecule has 0 fully saturated rings. The lowest BCUT2D eigenvalue weighted by atomic mass is 9.75. The third kappa shape index (κ3) is 6.71. The average Bonchev–Trinajstić information content (AvgIpc) is 3.05. The van der Waals surface area contributed by atoms with E-state index in [-0.39, 0.29) is 5.41 Å². The Morgan fingerprint density at radius 1 is 0.467 bits per heavy atom. The van der Waals surface area contributed by atoms with Crippen LogP contribution in [-0.2, 0) is 0 Å². The van der Waals surface area contributed by atoms with Crippen molar-refractivity contribution in [2.24, 2.45) is 5.41 Å². The Bertz CT molecular complexity index is 1850. The summed E-state index contributed by atoms with van der Waals surface area (Å²) in [5, 5.41) is 2.46. The first-order chi connectivity index (χ1) is 21.8. The molecule has 0 N–H and O–H groups in total. The molecular formula is C43H42N2. The summed E-state index contributed by atoms with van der Waals surface area (Å²) in [5.74, 6) is 0.333. The Morgan fingerprint density at radius 3 is 1.47 bits per heavy atom. The number of hydrogen-bond donors (Lipinski definition) is 0. The van der Waals surface area contributed by atoms with E-state index in [0.717, 1.165) is 34.1 Å². The zero-order chi connectivity index (χ0) is 31.4. The van der Waals surface area contributed by atoms with Gasteiger partial charge in [-0.2, -0.15) is 0 Å². The van der Waals surface area contributed by atoms with Gasteiger partial charge in [0, 0.05) is 40.0 Å². The molecule has 6 aromatic carbocycles. The van der Waals surface area contributed by atoms with Crippen molar-refractivity contribution in [3.05, 3.63) is 169 Å².